The Hall–Kier alpha value is -0.0800. The van der Waals surface area contributed by atoms with Gasteiger partial charge in [0, 0.05) is 18.6 Å². The fourth-order valence-corrected chi connectivity index (χ4v) is 5.08. The van der Waals surface area contributed by atoms with Crippen LogP contribution in [0.5, 0.6) is 0 Å². The third kappa shape index (κ3) is 9.74. The van der Waals surface area contributed by atoms with Gasteiger partial charge in [0.15, 0.2) is 0 Å². The smallest absolute Gasteiger partial charge is 0.0243 e. The maximum atomic E-state index is 4.04. The van der Waals surface area contributed by atoms with E-state index in [9.17, 15) is 0 Å². The van der Waals surface area contributed by atoms with E-state index in [1.165, 1.54) is 135 Å². The Kier molecular flexibility index (Phi) is 12.7. The topological polar surface area (TPSA) is 15.3 Å². The molecular weight excluding hydrogens is 316 g/mol. The lowest BCUT2D eigenvalue weighted by molar-refractivity contribution is 0.0846. The highest BCUT2D eigenvalue weighted by Crippen LogP contribution is 2.22. The molecule has 0 aromatic carbocycles. The molecule has 0 saturated heterocycles. The Morgan fingerprint density at radius 1 is 0.538 bits per heavy atom. The largest absolute Gasteiger partial charge is 0.252 e. The van der Waals surface area contributed by atoms with Gasteiger partial charge in [-0.15, -0.1) is 0 Å². The van der Waals surface area contributed by atoms with Gasteiger partial charge in [-0.3, -0.25) is 5.43 Å². The summed E-state index contributed by atoms with van der Waals surface area (Å²) in [7, 11) is 0. The summed E-state index contributed by atoms with van der Waals surface area (Å²) < 4.78 is 0. The van der Waals surface area contributed by atoms with E-state index in [2.05, 4.69) is 17.4 Å². The van der Waals surface area contributed by atoms with Crippen LogP contribution in [0.3, 0.4) is 0 Å². The van der Waals surface area contributed by atoms with Crippen molar-refractivity contribution in [1.82, 2.24) is 10.4 Å². The first kappa shape index (κ1) is 22.2. The Labute approximate surface area is 164 Å². The fraction of sp³-hybridized carbons (Fsp3) is 1.00. The fourth-order valence-electron chi connectivity index (χ4n) is 5.08. The van der Waals surface area contributed by atoms with E-state index >= 15 is 0 Å². The zero-order valence-corrected chi connectivity index (χ0v) is 18.0. The van der Waals surface area contributed by atoms with Gasteiger partial charge in [0.2, 0.25) is 0 Å². The molecule has 0 heterocycles. The van der Waals surface area contributed by atoms with Crippen molar-refractivity contribution in [3.05, 3.63) is 0 Å². The van der Waals surface area contributed by atoms with E-state index in [4.69, 9.17) is 0 Å². The molecule has 0 bridgehead atoms. The molecule has 2 saturated carbocycles. The summed E-state index contributed by atoms with van der Waals surface area (Å²) in [5, 5.41) is 2.67. The number of nitrogens with one attached hydrogen (secondary N) is 1. The van der Waals surface area contributed by atoms with Crippen LogP contribution in [-0.4, -0.2) is 23.6 Å². The molecule has 0 aromatic rings. The van der Waals surface area contributed by atoms with Gasteiger partial charge in [0.05, 0.1) is 0 Å². The summed E-state index contributed by atoms with van der Waals surface area (Å²) in [6.45, 7) is 3.53. The summed E-state index contributed by atoms with van der Waals surface area (Å²) in [5.41, 5.74) is 4.04. The van der Waals surface area contributed by atoms with Crippen molar-refractivity contribution in [1.29, 1.82) is 0 Å². The lowest BCUT2D eigenvalue weighted by atomic mass is 10.0. The van der Waals surface area contributed by atoms with Gasteiger partial charge in [0.1, 0.15) is 0 Å². The maximum absolute atomic E-state index is 4.04. The molecule has 0 atom stereocenters. The minimum atomic E-state index is 0.728. The maximum Gasteiger partial charge on any atom is 0.0243 e. The van der Waals surface area contributed by atoms with Gasteiger partial charge in [-0.1, -0.05) is 110 Å². The minimum Gasteiger partial charge on any atom is -0.252 e. The number of nitrogens with zero attached hydrogens (tertiary/aromatic N) is 1. The molecule has 0 spiro atoms. The quantitative estimate of drug-likeness (QED) is 0.523. The van der Waals surface area contributed by atoms with Crippen molar-refractivity contribution in [2.75, 3.05) is 6.54 Å². The summed E-state index contributed by atoms with van der Waals surface area (Å²) in [6, 6.07) is 1.50. The molecule has 154 valence electrons. The molecule has 2 fully saturated rings. The van der Waals surface area contributed by atoms with E-state index in [0.717, 1.165) is 12.1 Å². The van der Waals surface area contributed by atoms with Crippen LogP contribution in [-0.2, 0) is 0 Å². The lowest BCUT2D eigenvalue weighted by Gasteiger charge is -2.35. The predicted octanol–water partition coefficient (Wildman–Crippen LogP) is 7.38. The molecule has 2 aliphatic carbocycles. The van der Waals surface area contributed by atoms with E-state index in [1.54, 1.807) is 0 Å². The molecule has 26 heavy (non-hydrogen) atoms. The first-order chi connectivity index (χ1) is 12.9. The zero-order valence-electron chi connectivity index (χ0n) is 18.0. The molecular formula is C24H48N2. The van der Waals surface area contributed by atoms with Gasteiger partial charge in [-0.05, 0) is 25.7 Å². The first-order valence-corrected chi connectivity index (χ1v) is 12.4. The number of hydrazine groups is 1. The predicted molar refractivity (Wildman–Crippen MR) is 115 cm³/mol. The summed E-state index contributed by atoms with van der Waals surface area (Å²) >= 11 is 0. The van der Waals surface area contributed by atoms with Crippen LogP contribution in [0, 0.1) is 0 Å². The molecule has 1 N–H and O–H groups in total. The second kappa shape index (κ2) is 14.9. The van der Waals surface area contributed by atoms with Gasteiger partial charge in [-0.2, -0.15) is 0 Å². The molecule has 0 aliphatic heterocycles. The lowest BCUT2D eigenvalue weighted by Crippen LogP contribution is -2.50. The van der Waals surface area contributed by atoms with E-state index in [1.807, 2.05) is 0 Å². The third-order valence-corrected chi connectivity index (χ3v) is 6.81. The molecule has 0 aromatic heterocycles. The van der Waals surface area contributed by atoms with Crippen molar-refractivity contribution in [2.45, 2.75) is 147 Å². The van der Waals surface area contributed by atoms with Crippen LogP contribution in [0.25, 0.3) is 0 Å². The van der Waals surface area contributed by atoms with Gasteiger partial charge >= 0.3 is 0 Å². The molecule has 2 rings (SSSR count). The van der Waals surface area contributed by atoms with Gasteiger partial charge < -0.3 is 0 Å². The normalized spacial score (nSPS) is 24.7. The monoisotopic (exact) mass is 364 g/mol. The zero-order chi connectivity index (χ0) is 18.3. The van der Waals surface area contributed by atoms with Crippen molar-refractivity contribution in [2.24, 2.45) is 0 Å². The Morgan fingerprint density at radius 3 is 1.27 bits per heavy atom. The van der Waals surface area contributed by atoms with E-state index in [-0.39, 0.29) is 0 Å². The van der Waals surface area contributed by atoms with Crippen LogP contribution in [0.15, 0.2) is 0 Å². The molecule has 2 heteroatoms. The second-order valence-corrected chi connectivity index (χ2v) is 9.08. The standard InChI is InChI=1S/C24H48N2/c1-2-26(24-21-17-13-9-5-6-10-14-18-22-24)25-23-19-15-11-7-3-4-8-12-16-20-23/h23-25H,2-22H2,1H3. The van der Waals surface area contributed by atoms with Crippen molar-refractivity contribution in [3.8, 4) is 0 Å². The number of hydrogen-bond donors (Lipinski definition) is 1. The number of rotatable bonds is 4. The van der Waals surface area contributed by atoms with E-state index < -0.39 is 0 Å². The summed E-state index contributed by atoms with van der Waals surface area (Å²) in [5.74, 6) is 0. The average molecular weight is 365 g/mol. The van der Waals surface area contributed by atoms with E-state index in [0.29, 0.717) is 0 Å². The highest BCUT2D eigenvalue weighted by Gasteiger charge is 2.20. The first-order valence-electron chi connectivity index (χ1n) is 12.4. The Morgan fingerprint density at radius 2 is 0.885 bits per heavy atom. The second-order valence-electron chi connectivity index (χ2n) is 9.08. The summed E-state index contributed by atoms with van der Waals surface area (Å²) in [6.07, 6.45) is 28.9. The average Bonchev–Trinajstić information content (AvgIpc) is 2.76. The summed E-state index contributed by atoms with van der Waals surface area (Å²) in [4.78, 5) is 0. The van der Waals surface area contributed by atoms with Gasteiger partial charge in [-0.25, -0.2) is 5.01 Å². The highest BCUT2D eigenvalue weighted by atomic mass is 15.5. The minimum absolute atomic E-state index is 0.728. The SMILES string of the molecule is CCN(NC1CCCCCCCCCC1)C1CCCCCCCCCC1. The molecule has 2 nitrogen and oxygen atoms in total. The van der Waals surface area contributed by atoms with Crippen LogP contribution in [0.4, 0.5) is 0 Å². The molecule has 0 radical (unpaired) electrons. The Balaban J connectivity index is 1.85. The van der Waals surface area contributed by atoms with Crippen molar-refractivity contribution in [3.63, 3.8) is 0 Å². The van der Waals surface area contributed by atoms with Gasteiger partial charge in [0.25, 0.3) is 0 Å². The van der Waals surface area contributed by atoms with Crippen LogP contribution in [0.1, 0.15) is 135 Å². The van der Waals surface area contributed by atoms with Crippen LogP contribution < -0.4 is 5.43 Å². The number of hydrogen-bond acceptors (Lipinski definition) is 2. The molecule has 0 unspecified atom stereocenters. The molecule has 2 aliphatic rings. The third-order valence-electron chi connectivity index (χ3n) is 6.81. The highest BCUT2D eigenvalue weighted by molar-refractivity contribution is 4.74. The Bertz CT molecular complexity index is 293. The van der Waals surface area contributed by atoms with Crippen LogP contribution >= 0.6 is 0 Å². The molecule has 0 amide bonds. The van der Waals surface area contributed by atoms with Crippen LogP contribution in [0.2, 0.25) is 0 Å². The van der Waals surface area contributed by atoms with Crippen molar-refractivity contribution < 1.29 is 0 Å². The van der Waals surface area contributed by atoms with Crippen molar-refractivity contribution >= 4 is 0 Å².